The summed E-state index contributed by atoms with van der Waals surface area (Å²) >= 11 is 0. The van der Waals surface area contributed by atoms with Gasteiger partial charge in [0.25, 0.3) is 5.91 Å². The molecule has 0 unspecified atom stereocenters. The Labute approximate surface area is 153 Å². The third kappa shape index (κ3) is 3.01. The van der Waals surface area contributed by atoms with Gasteiger partial charge in [-0.05, 0) is 31.5 Å². The minimum Gasteiger partial charge on any atom is -0.350 e. The Bertz CT molecular complexity index is 946. The fraction of sp³-hybridized carbons (Fsp3) is 0.400. The van der Waals surface area contributed by atoms with Crippen LogP contribution in [0.25, 0.3) is 10.9 Å². The standard InChI is InChI=1S/C20H25N5O/c1-14-4-5-17-16(12-14)15(2)19(22-17)20(26)25-10-8-24(9-11-25)13-18-21-6-7-23(18)3/h4-7,12,22H,8-11,13H2,1-3H3. The topological polar surface area (TPSA) is 57.2 Å². The van der Waals surface area contributed by atoms with Crippen molar-refractivity contribution in [3.05, 3.63) is 53.2 Å². The average Bonchev–Trinajstić information content (AvgIpc) is 3.19. The fourth-order valence-electron chi connectivity index (χ4n) is 3.67. The molecule has 1 aliphatic rings. The van der Waals surface area contributed by atoms with Crippen LogP contribution in [0.3, 0.4) is 0 Å². The smallest absolute Gasteiger partial charge is 0.270 e. The first-order chi connectivity index (χ1) is 12.5. The number of hydrogen-bond donors (Lipinski definition) is 1. The van der Waals surface area contributed by atoms with E-state index in [0.29, 0.717) is 0 Å². The van der Waals surface area contributed by atoms with Gasteiger partial charge in [0.05, 0.1) is 6.54 Å². The number of benzene rings is 1. The first-order valence-corrected chi connectivity index (χ1v) is 9.09. The maximum Gasteiger partial charge on any atom is 0.270 e. The Morgan fingerprint density at radius 1 is 1.19 bits per heavy atom. The van der Waals surface area contributed by atoms with E-state index in [9.17, 15) is 4.79 Å². The molecule has 1 fully saturated rings. The van der Waals surface area contributed by atoms with Crippen LogP contribution in [0.4, 0.5) is 0 Å². The molecule has 1 N–H and O–H groups in total. The number of fused-ring (bicyclic) bond motifs is 1. The van der Waals surface area contributed by atoms with E-state index in [1.165, 1.54) is 5.56 Å². The molecule has 2 aromatic heterocycles. The zero-order valence-electron chi connectivity index (χ0n) is 15.6. The lowest BCUT2D eigenvalue weighted by Crippen LogP contribution is -2.48. The number of piperazine rings is 1. The van der Waals surface area contributed by atoms with E-state index in [1.54, 1.807) is 0 Å². The van der Waals surface area contributed by atoms with Crippen molar-refractivity contribution >= 4 is 16.8 Å². The van der Waals surface area contributed by atoms with E-state index in [2.05, 4.69) is 40.0 Å². The van der Waals surface area contributed by atoms with E-state index in [4.69, 9.17) is 0 Å². The number of aryl methyl sites for hydroxylation is 3. The molecule has 1 saturated heterocycles. The molecule has 0 radical (unpaired) electrons. The summed E-state index contributed by atoms with van der Waals surface area (Å²) in [5.41, 5.74) is 4.01. The Hall–Kier alpha value is -2.60. The molecule has 0 saturated carbocycles. The van der Waals surface area contributed by atoms with Crippen LogP contribution in [0, 0.1) is 13.8 Å². The molecule has 26 heavy (non-hydrogen) atoms. The molecular formula is C20H25N5O. The number of nitrogens with zero attached hydrogens (tertiary/aromatic N) is 4. The highest BCUT2D eigenvalue weighted by molar-refractivity contribution is 6.01. The fourth-order valence-corrected chi connectivity index (χ4v) is 3.67. The van der Waals surface area contributed by atoms with Crippen molar-refractivity contribution in [2.24, 2.45) is 7.05 Å². The molecule has 6 heteroatoms. The van der Waals surface area contributed by atoms with Gasteiger partial charge in [0.2, 0.25) is 0 Å². The maximum atomic E-state index is 13.0. The predicted molar refractivity (Wildman–Crippen MR) is 102 cm³/mol. The monoisotopic (exact) mass is 351 g/mol. The molecule has 4 rings (SSSR count). The Morgan fingerprint density at radius 3 is 2.65 bits per heavy atom. The van der Waals surface area contributed by atoms with E-state index in [-0.39, 0.29) is 5.91 Å². The Morgan fingerprint density at radius 2 is 1.96 bits per heavy atom. The van der Waals surface area contributed by atoms with Crippen LogP contribution in [0.1, 0.15) is 27.4 Å². The highest BCUT2D eigenvalue weighted by atomic mass is 16.2. The number of amides is 1. The van der Waals surface area contributed by atoms with Crippen molar-refractivity contribution in [3.8, 4) is 0 Å². The van der Waals surface area contributed by atoms with Crippen LogP contribution in [-0.2, 0) is 13.6 Å². The number of hydrogen-bond acceptors (Lipinski definition) is 3. The number of aromatic amines is 1. The van der Waals surface area contributed by atoms with Gasteiger partial charge in [0.15, 0.2) is 0 Å². The lowest BCUT2D eigenvalue weighted by molar-refractivity contribution is 0.0619. The molecular weight excluding hydrogens is 326 g/mol. The summed E-state index contributed by atoms with van der Waals surface area (Å²) in [6.07, 6.45) is 3.80. The van der Waals surface area contributed by atoms with Gasteiger partial charge in [0, 0.05) is 56.5 Å². The van der Waals surface area contributed by atoms with Gasteiger partial charge in [-0.1, -0.05) is 11.6 Å². The quantitative estimate of drug-likeness (QED) is 0.789. The average molecular weight is 351 g/mol. The van der Waals surface area contributed by atoms with Gasteiger partial charge in [0.1, 0.15) is 11.5 Å². The van der Waals surface area contributed by atoms with E-state index >= 15 is 0 Å². The van der Waals surface area contributed by atoms with E-state index in [1.807, 2.05) is 35.8 Å². The molecule has 0 bridgehead atoms. The zero-order valence-corrected chi connectivity index (χ0v) is 15.6. The number of rotatable bonds is 3. The summed E-state index contributed by atoms with van der Waals surface area (Å²) in [5, 5.41) is 1.14. The van der Waals surface area contributed by atoms with Gasteiger partial charge in [-0.15, -0.1) is 0 Å². The van der Waals surface area contributed by atoms with E-state index in [0.717, 1.165) is 60.7 Å². The molecule has 3 aromatic rings. The highest BCUT2D eigenvalue weighted by Gasteiger charge is 2.25. The van der Waals surface area contributed by atoms with Crippen LogP contribution in [0.15, 0.2) is 30.6 Å². The van der Waals surface area contributed by atoms with Gasteiger partial charge in [-0.3, -0.25) is 9.69 Å². The summed E-state index contributed by atoms with van der Waals surface area (Å²) in [6, 6.07) is 6.27. The Kier molecular flexibility index (Phi) is 4.28. The van der Waals surface area contributed by atoms with Crippen molar-refractivity contribution in [3.63, 3.8) is 0 Å². The van der Waals surface area contributed by atoms with Crippen LogP contribution in [0.2, 0.25) is 0 Å². The number of H-pyrrole nitrogens is 1. The van der Waals surface area contributed by atoms with Gasteiger partial charge in [-0.2, -0.15) is 0 Å². The van der Waals surface area contributed by atoms with Crippen LogP contribution in [-0.4, -0.2) is 56.4 Å². The molecule has 1 aromatic carbocycles. The van der Waals surface area contributed by atoms with E-state index < -0.39 is 0 Å². The zero-order chi connectivity index (χ0) is 18.3. The van der Waals surface area contributed by atoms with Gasteiger partial charge < -0.3 is 14.5 Å². The molecule has 1 aliphatic heterocycles. The number of aromatic nitrogens is 3. The lowest BCUT2D eigenvalue weighted by Gasteiger charge is -2.34. The summed E-state index contributed by atoms with van der Waals surface area (Å²) < 4.78 is 2.05. The summed E-state index contributed by atoms with van der Waals surface area (Å²) in [7, 11) is 2.02. The first-order valence-electron chi connectivity index (χ1n) is 9.09. The minimum atomic E-state index is 0.105. The predicted octanol–water partition coefficient (Wildman–Crippen LogP) is 2.48. The van der Waals surface area contributed by atoms with Crippen LogP contribution < -0.4 is 0 Å². The third-order valence-electron chi connectivity index (χ3n) is 5.37. The van der Waals surface area contributed by atoms with Crippen molar-refractivity contribution in [1.29, 1.82) is 0 Å². The number of nitrogens with one attached hydrogen (secondary N) is 1. The Balaban J connectivity index is 1.45. The second-order valence-corrected chi connectivity index (χ2v) is 7.20. The lowest BCUT2D eigenvalue weighted by atomic mass is 10.1. The van der Waals surface area contributed by atoms with Gasteiger partial charge >= 0.3 is 0 Å². The largest absolute Gasteiger partial charge is 0.350 e. The van der Waals surface area contributed by atoms with Crippen molar-refractivity contribution in [1.82, 2.24) is 24.3 Å². The molecule has 6 nitrogen and oxygen atoms in total. The molecule has 3 heterocycles. The molecule has 0 spiro atoms. The normalized spacial score (nSPS) is 15.7. The molecule has 0 aliphatic carbocycles. The minimum absolute atomic E-state index is 0.105. The second kappa shape index (κ2) is 6.61. The second-order valence-electron chi connectivity index (χ2n) is 7.20. The van der Waals surface area contributed by atoms with Crippen molar-refractivity contribution < 1.29 is 4.79 Å². The summed E-state index contributed by atoms with van der Waals surface area (Å²) in [6.45, 7) is 8.18. The van der Waals surface area contributed by atoms with Gasteiger partial charge in [-0.25, -0.2) is 4.98 Å². The number of carbonyl (C=O) groups is 1. The molecule has 0 atom stereocenters. The number of imidazole rings is 1. The van der Waals surface area contributed by atoms with Crippen molar-refractivity contribution in [2.45, 2.75) is 20.4 Å². The highest BCUT2D eigenvalue weighted by Crippen LogP contribution is 2.24. The SMILES string of the molecule is Cc1ccc2[nH]c(C(=O)N3CCN(Cc4nccn4C)CC3)c(C)c2c1. The molecule has 1 amide bonds. The molecule has 136 valence electrons. The van der Waals surface area contributed by atoms with Crippen LogP contribution in [0.5, 0.6) is 0 Å². The first kappa shape index (κ1) is 16.8. The summed E-state index contributed by atoms with van der Waals surface area (Å²) in [4.78, 5) is 25.0. The van der Waals surface area contributed by atoms with Crippen molar-refractivity contribution in [2.75, 3.05) is 26.2 Å². The third-order valence-corrected chi connectivity index (χ3v) is 5.37. The summed E-state index contributed by atoms with van der Waals surface area (Å²) in [5.74, 6) is 1.17. The maximum absolute atomic E-state index is 13.0. The van der Waals surface area contributed by atoms with Crippen LogP contribution >= 0.6 is 0 Å². The number of carbonyl (C=O) groups excluding carboxylic acids is 1.